The van der Waals surface area contributed by atoms with E-state index in [0.29, 0.717) is 0 Å². The summed E-state index contributed by atoms with van der Waals surface area (Å²) >= 11 is 0. The fourth-order valence-electron chi connectivity index (χ4n) is 2.14. The summed E-state index contributed by atoms with van der Waals surface area (Å²) in [5, 5.41) is 0. The van der Waals surface area contributed by atoms with Crippen LogP contribution in [-0.4, -0.2) is 24.5 Å². The molecule has 0 atom stereocenters. The molecule has 0 saturated carbocycles. The normalized spacial score (nSPS) is 15.1. The van der Waals surface area contributed by atoms with Crippen LogP contribution in [0.2, 0.25) is 0 Å². The van der Waals surface area contributed by atoms with Crippen molar-refractivity contribution in [1.82, 2.24) is 4.90 Å². The molecule has 0 bridgehead atoms. The first-order chi connectivity index (χ1) is 7.56. The van der Waals surface area contributed by atoms with Crippen molar-refractivity contribution in [3.05, 3.63) is 35.2 Å². The van der Waals surface area contributed by atoms with Crippen molar-refractivity contribution in [3.63, 3.8) is 0 Å². The van der Waals surface area contributed by atoms with Gasteiger partial charge in [-0.1, -0.05) is 27.7 Å². The molecule has 1 aliphatic rings. The van der Waals surface area contributed by atoms with E-state index in [1.807, 2.05) is 0 Å². The number of rotatable bonds is 1. The number of hydrogen-bond donors (Lipinski definition) is 0. The van der Waals surface area contributed by atoms with Gasteiger partial charge < -0.3 is 11.8 Å². The molecule has 1 aromatic carbocycles. The maximum Gasteiger partial charge on any atom is 2.00 e. The van der Waals surface area contributed by atoms with Gasteiger partial charge in [0.1, 0.15) is 0 Å². The minimum atomic E-state index is 0. The van der Waals surface area contributed by atoms with Crippen molar-refractivity contribution in [3.8, 4) is 0 Å². The average molecular weight is 267 g/mol. The molecule has 0 N–H and O–H groups in total. The van der Waals surface area contributed by atoms with Gasteiger partial charge in [0.15, 0.2) is 0 Å². The first-order valence-corrected chi connectivity index (χ1v) is 6.28. The second-order valence-electron chi connectivity index (χ2n) is 4.81. The quantitative estimate of drug-likeness (QED) is 0.555. The Morgan fingerprint density at radius 2 is 1.41 bits per heavy atom. The molecule has 1 fully saturated rings. The van der Waals surface area contributed by atoms with Gasteiger partial charge >= 0.3 is 21.7 Å². The third-order valence-electron chi connectivity index (χ3n) is 3.69. The molecular weight excluding hydrogens is 242 g/mol. The van der Waals surface area contributed by atoms with Crippen molar-refractivity contribution in [1.29, 1.82) is 0 Å². The zero-order valence-electron chi connectivity index (χ0n) is 11.8. The molecule has 0 aromatic heterocycles. The number of hydrogen-bond acceptors (Lipinski definition) is 1. The minimum Gasteiger partial charge on any atom is -0.333 e. The molecule has 2 heteroatoms. The van der Waals surface area contributed by atoms with Gasteiger partial charge in [0, 0.05) is 0 Å². The van der Waals surface area contributed by atoms with Crippen molar-refractivity contribution < 1.29 is 21.7 Å². The molecule has 1 heterocycles. The van der Waals surface area contributed by atoms with Crippen molar-refractivity contribution >= 4 is 0 Å². The third kappa shape index (κ3) is 5.03. The monoisotopic (exact) mass is 267 g/mol. The molecule has 0 aliphatic carbocycles. The van der Waals surface area contributed by atoms with Crippen LogP contribution in [0, 0.1) is 34.6 Å². The summed E-state index contributed by atoms with van der Waals surface area (Å²) in [6.45, 7) is 16.0. The fourth-order valence-corrected chi connectivity index (χ4v) is 2.14. The van der Waals surface area contributed by atoms with E-state index >= 15 is 0 Å². The van der Waals surface area contributed by atoms with Gasteiger partial charge in [-0.05, 0) is 25.9 Å². The Morgan fingerprint density at radius 3 is 1.59 bits per heavy atom. The molecule has 1 aromatic rings. The van der Waals surface area contributed by atoms with Crippen molar-refractivity contribution in [2.24, 2.45) is 0 Å². The van der Waals surface area contributed by atoms with Gasteiger partial charge in [-0.2, -0.15) is 28.3 Å². The summed E-state index contributed by atoms with van der Waals surface area (Å²) in [7, 11) is 0. The Hall–Kier alpha value is 0.0243. The molecule has 1 aliphatic heterocycles. The van der Waals surface area contributed by atoms with E-state index in [2.05, 4.69) is 45.6 Å². The van der Waals surface area contributed by atoms with E-state index in [-0.39, 0.29) is 21.7 Å². The Balaban J connectivity index is 0.000000292. The Morgan fingerprint density at radius 1 is 1.00 bits per heavy atom. The predicted molar refractivity (Wildman–Crippen MR) is 72.0 cm³/mol. The maximum atomic E-state index is 3.79. The van der Waals surface area contributed by atoms with Gasteiger partial charge in [0.05, 0.1) is 0 Å². The van der Waals surface area contributed by atoms with Crippen LogP contribution in [0.5, 0.6) is 0 Å². The van der Waals surface area contributed by atoms with Crippen LogP contribution >= 0.6 is 0 Å². The van der Waals surface area contributed by atoms with Gasteiger partial charge in [-0.25, -0.2) is 0 Å². The van der Waals surface area contributed by atoms with Crippen LogP contribution in [0.1, 0.15) is 35.1 Å². The minimum absolute atomic E-state index is 0. The van der Waals surface area contributed by atoms with E-state index in [4.69, 9.17) is 0 Å². The van der Waals surface area contributed by atoms with Gasteiger partial charge in [-0.15, -0.1) is 6.54 Å². The zero-order chi connectivity index (χ0) is 12.1. The summed E-state index contributed by atoms with van der Waals surface area (Å²) in [5.74, 6) is 0. The zero-order valence-corrected chi connectivity index (χ0v) is 13.3. The molecule has 1 saturated heterocycles. The summed E-state index contributed by atoms with van der Waals surface area (Å²) in [5.41, 5.74) is 5.75. The summed E-state index contributed by atoms with van der Waals surface area (Å²) < 4.78 is 0. The second kappa shape index (κ2) is 8.18. The largest absolute Gasteiger partial charge is 2.00 e. The predicted octanol–water partition coefficient (Wildman–Crippen LogP) is 3.55. The SMILES string of the molecule is Cc1[cH-]c(C)c(C)c1C.[CH2-]CN1CCCC1.[Ti+2]. The summed E-state index contributed by atoms with van der Waals surface area (Å²) in [6.07, 6.45) is 2.77. The molecule has 1 nitrogen and oxygen atoms in total. The fraction of sp³-hybridized carbons (Fsp3) is 0.600. The Bertz CT molecular complexity index is 299. The van der Waals surface area contributed by atoms with Crippen LogP contribution in [0.3, 0.4) is 0 Å². The van der Waals surface area contributed by atoms with E-state index in [9.17, 15) is 0 Å². The first-order valence-electron chi connectivity index (χ1n) is 6.28. The van der Waals surface area contributed by atoms with Crippen LogP contribution in [0.4, 0.5) is 0 Å². The van der Waals surface area contributed by atoms with Crippen LogP contribution in [0.25, 0.3) is 0 Å². The maximum absolute atomic E-state index is 3.79. The Labute approximate surface area is 122 Å². The first kappa shape index (κ1) is 17.0. The van der Waals surface area contributed by atoms with E-state index < -0.39 is 0 Å². The molecule has 2 rings (SSSR count). The summed E-state index contributed by atoms with van der Waals surface area (Å²) in [4.78, 5) is 2.38. The van der Waals surface area contributed by atoms with Crippen molar-refractivity contribution in [2.75, 3.05) is 19.6 Å². The third-order valence-corrected chi connectivity index (χ3v) is 3.69. The number of nitrogens with zero attached hydrogens (tertiary/aromatic N) is 1. The molecule has 0 radical (unpaired) electrons. The second-order valence-corrected chi connectivity index (χ2v) is 4.81. The van der Waals surface area contributed by atoms with E-state index in [1.165, 1.54) is 48.2 Å². The number of likely N-dealkylation sites (tertiary alicyclic amines) is 1. The van der Waals surface area contributed by atoms with Gasteiger partial charge in [0.2, 0.25) is 0 Å². The van der Waals surface area contributed by atoms with Crippen LogP contribution in [-0.2, 0) is 21.7 Å². The molecular formula is C15H25NTi. The van der Waals surface area contributed by atoms with E-state index in [0.717, 1.165) is 6.54 Å². The molecule has 0 amide bonds. The van der Waals surface area contributed by atoms with E-state index in [1.54, 1.807) is 0 Å². The smallest absolute Gasteiger partial charge is 0.333 e. The molecule has 0 spiro atoms. The molecule has 17 heavy (non-hydrogen) atoms. The molecule has 0 unspecified atom stereocenters. The van der Waals surface area contributed by atoms with Crippen LogP contribution in [0.15, 0.2) is 6.07 Å². The topological polar surface area (TPSA) is 3.24 Å². The Kier molecular flexibility index (Phi) is 8.19. The summed E-state index contributed by atoms with van der Waals surface area (Å²) in [6, 6.07) is 2.24. The standard InChI is InChI=1S/C9H13.C6H12N.Ti/c1-6-5-7(2)9(4)8(6)3;1-2-7-5-3-4-6-7;/h5H,1-4H3;1-6H2;/q2*-1;+2. The average Bonchev–Trinajstić information content (AvgIpc) is 2.86. The van der Waals surface area contributed by atoms with Crippen LogP contribution < -0.4 is 0 Å². The van der Waals surface area contributed by atoms with Gasteiger partial charge in [-0.3, -0.25) is 0 Å². The number of aryl methyl sites for hydroxylation is 2. The van der Waals surface area contributed by atoms with Gasteiger partial charge in [0.25, 0.3) is 0 Å². The molecule has 94 valence electrons. The van der Waals surface area contributed by atoms with Crippen molar-refractivity contribution in [2.45, 2.75) is 40.5 Å².